The van der Waals surface area contributed by atoms with Crippen LogP contribution in [0.15, 0.2) is 29.2 Å². The first-order valence-electron chi connectivity index (χ1n) is 6.68. The lowest BCUT2D eigenvalue weighted by Gasteiger charge is -2.19. The lowest BCUT2D eigenvalue weighted by molar-refractivity contribution is 0.417. The van der Waals surface area contributed by atoms with Crippen molar-refractivity contribution in [2.75, 3.05) is 25.5 Å². The van der Waals surface area contributed by atoms with E-state index in [0.29, 0.717) is 17.4 Å². The maximum atomic E-state index is 12.3. The van der Waals surface area contributed by atoms with Crippen LogP contribution in [0.25, 0.3) is 0 Å². The molecule has 5 heteroatoms. The van der Waals surface area contributed by atoms with Crippen molar-refractivity contribution >= 4 is 15.7 Å². The van der Waals surface area contributed by atoms with Gasteiger partial charge in [0.15, 0.2) is 0 Å². The van der Waals surface area contributed by atoms with E-state index in [-0.39, 0.29) is 0 Å². The van der Waals surface area contributed by atoms with Gasteiger partial charge < -0.3 is 5.32 Å². The third kappa shape index (κ3) is 4.51. The van der Waals surface area contributed by atoms with Gasteiger partial charge in [-0.15, -0.1) is 0 Å². The zero-order chi connectivity index (χ0) is 14.5. The fourth-order valence-electron chi connectivity index (χ4n) is 1.81. The van der Waals surface area contributed by atoms with E-state index in [1.807, 2.05) is 26.0 Å². The Labute approximate surface area is 116 Å². The predicted octanol–water partition coefficient (Wildman–Crippen LogP) is 2.79. The second-order valence-electron chi connectivity index (χ2n) is 5.13. The average Bonchev–Trinajstić information content (AvgIpc) is 2.36. The topological polar surface area (TPSA) is 49.4 Å². The standard InChI is InChI=1S/C14H24N2O2S/c1-5-10-15-13-6-8-14(9-7-13)19(17,18)16(4)11-12(2)3/h6-9,12,15H,5,10-11H2,1-4H3. The van der Waals surface area contributed by atoms with Gasteiger partial charge in [0.25, 0.3) is 0 Å². The molecule has 0 fully saturated rings. The molecule has 0 aromatic heterocycles. The Morgan fingerprint density at radius 3 is 2.26 bits per heavy atom. The van der Waals surface area contributed by atoms with E-state index in [1.54, 1.807) is 19.2 Å². The Hall–Kier alpha value is -1.07. The summed E-state index contributed by atoms with van der Waals surface area (Å²) in [5, 5.41) is 3.23. The highest BCUT2D eigenvalue weighted by Crippen LogP contribution is 2.18. The molecular weight excluding hydrogens is 260 g/mol. The van der Waals surface area contributed by atoms with E-state index in [4.69, 9.17) is 0 Å². The maximum Gasteiger partial charge on any atom is 0.242 e. The molecule has 108 valence electrons. The van der Waals surface area contributed by atoms with Crippen LogP contribution in [0.5, 0.6) is 0 Å². The molecule has 1 N–H and O–H groups in total. The maximum absolute atomic E-state index is 12.3. The first kappa shape index (κ1) is 16.0. The van der Waals surface area contributed by atoms with Crippen LogP contribution in [-0.2, 0) is 10.0 Å². The second kappa shape index (κ2) is 6.91. The number of rotatable bonds is 7. The molecule has 1 rings (SSSR count). The molecule has 19 heavy (non-hydrogen) atoms. The molecule has 0 unspecified atom stereocenters. The second-order valence-corrected chi connectivity index (χ2v) is 7.18. The fraction of sp³-hybridized carbons (Fsp3) is 0.571. The van der Waals surface area contributed by atoms with Gasteiger partial charge in [0.05, 0.1) is 4.90 Å². The van der Waals surface area contributed by atoms with Crippen molar-refractivity contribution in [2.45, 2.75) is 32.1 Å². The van der Waals surface area contributed by atoms with Crippen LogP contribution < -0.4 is 5.32 Å². The number of nitrogens with one attached hydrogen (secondary N) is 1. The molecular formula is C14H24N2O2S. The summed E-state index contributed by atoms with van der Waals surface area (Å²) in [4.78, 5) is 0.345. The molecule has 1 aromatic carbocycles. The zero-order valence-electron chi connectivity index (χ0n) is 12.2. The zero-order valence-corrected chi connectivity index (χ0v) is 13.0. The Morgan fingerprint density at radius 1 is 1.21 bits per heavy atom. The van der Waals surface area contributed by atoms with Gasteiger partial charge in [-0.1, -0.05) is 20.8 Å². The van der Waals surface area contributed by atoms with Crippen LogP contribution >= 0.6 is 0 Å². The van der Waals surface area contributed by atoms with E-state index >= 15 is 0 Å². The van der Waals surface area contributed by atoms with E-state index < -0.39 is 10.0 Å². The van der Waals surface area contributed by atoms with Gasteiger partial charge in [0.2, 0.25) is 10.0 Å². The normalized spacial score (nSPS) is 12.1. The van der Waals surface area contributed by atoms with Crippen molar-refractivity contribution in [3.8, 4) is 0 Å². The number of nitrogens with zero attached hydrogens (tertiary/aromatic N) is 1. The Kier molecular flexibility index (Phi) is 5.82. The summed E-state index contributed by atoms with van der Waals surface area (Å²) >= 11 is 0. The minimum absolute atomic E-state index is 0.310. The molecule has 0 atom stereocenters. The Balaban J connectivity index is 2.84. The van der Waals surface area contributed by atoms with Gasteiger partial charge in [0, 0.05) is 25.8 Å². The molecule has 0 saturated carbocycles. The number of benzene rings is 1. The summed E-state index contributed by atoms with van der Waals surface area (Å²) in [5.41, 5.74) is 0.951. The lowest BCUT2D eigenvalue weighted by atomic mass is 10.2. The summed E-state index contributed by atoms with van der Waals surface area (Å²) in [6, 6.07) is 6.94. The third-order valence-electron chi connectivity index (χ3n) is 2.76. The summed E-state index contributed by atoms with van der Waals surface area (Å²) in [6.07, 6.45) is 1.04. The summed E-state index contributed by atoms with van der Waals surface area (Å²) in [6.45, 7) is 7.51. The number of hydrogen-bond donors (Lipinski definition) is 1. The smallest absolute Gasteiger partial charge is 0.242 e. The summed E-state index contributed by atoms with van der Waals surface area (Å²) < 4.78 is 26.0. The van der Waals surface area contributed by atoms with Crippen molar-refractivity contribution in [1.29, 1.82) is 0 Å². The molecule has 0 spiro atoms. The van der Waals surface area contributed by atoms with E-state index in [9.17, 15) is 8.42 Å². The molecule has 0 radical (unpaired) electrons. The van der Waals surface area contributed by atoms with Crippen LogP contribution in [0, 0.1) is 5.92 Å². The minimum atomic E-state index is -3.37. The first-order chi connectivity index (χ1) is 8.87. The highest BCUT2D eigenvalue weighted by molar-refractivity contribution is 7.89. The molecule has 0 heterocycles. The van der Waals surface area contributed by atoms with Crippen molar-refractivity contribution in [2.24, 2.45) is 5.92 Å². The van der Waals surface area contributed by atoms with Crippen molar-refractivity contribution in [3.63, 3.8) is 0 Å². The summed E-state index contributed by atoms with van der Waals surface area (Å²) in [5.74, 6) is 0.310. The molecule has 0 saturated heterocycles. The van der Waals surface area contributed by atoms with Crippen LogP contribution in [0.3, 0.4) is 0 Å². The van der Waals surface area contributed by atoms with Gasteiger partial charge in [-0.25, -0.2) is 12.7 Å². The number of anilines is 1. The fourth-order valence-corrected chi connectivity index (χ4v) is 3.14. The highest BCUT2D eigenvalue weighted by Gasteiger charge is 2.20. The largest absolute Gasteiger partial charge is 0.385 e. The van der Waals surface area contributed by atoms with Crippen molar-refractivity contribution in [1.82, 2.24) is 4.31 Å². The van der Waals surface area contributed by atoms with E-state index in [0.717, 1.165) is 18.7 Å². The monoisotopic (exact) mass is 284 g/mol. The predicted molar refractivity (Wildman–Crippen MR) is 79.9 cm³/mol. The molecule has 0 aliphatic rings. The molecule has 0 aliphatic carbocycles. The van der Waals surface area contributed by atoms with Crippen molar-refractivity contribution in [3.05, 3.63) is 24.3 Å². The summed E-state index contributed by atoms with van der Waals surface area (Å²) in [7, 11) is -1.74. The molecule has 4 nitrogen and oxygen atoms in total. The number of sulfonamides is 1. The average molecular weight is 284 g/mol. The molecule has 0 aliphatic heterocycles. The highest BCUT2D eigenvalue weighted by atomic mass is 32.2. The van der Waals surface area contributed by atoms with Gasteiger partial charge in [0.1, 0.15) is 0 Å². The lowest BCUT2D eigenvalue weighted by Crippen LogP contribution is -2.30. The van der Waals surface area contributed by atoms with Crippen LogP contribution in [-0.4, -0.2) is 32.9 Å². The molecule has 0 amide bonds. The van der Waals surface area contributed by atoms with Gasteiger partial charge in [-0.2, -0.15) is 0 Å². The third-order valence-corrected chi connectivity index (χ3v) is 4.60. The molecule has 1 aromatic rings. The van der Waals surface area contributed by atoms with Crippen molar-refractivity contribution < 1.29 is 8.42 Å². The van der Waals surface area contributed by atoms with Crippen LogP contribution in [0.2, 0.25) is 0 Å². The van der Waals surface area contributed by atoms with Gasteiger partial charge in [-0.05, 0) is 36.6 Å². The van der Waals surface area contributed by atoms with Crippen LogP contribution in [0.1, 0.15) is 27.2 Å². The quantitative estimate of drug-likeness (QED) is 0.837. The molecule has 0 bridgehead atoms. The van der Waals surface area contributed by atoms with Gasteiger partial charge in [-0.3, -0.25) is 0 Å². The minimum Gasteiger partial charge on any atom is -0.385 e. The van der Waals surface area contributed by atoms with Gasteiger partial charge >= 0.3 is 0 Å². The van der Waals surface area contributed by atoms with E-state index in [2.05, 4.69) is 12.2 Å². The first-order valence-corrected chi connectivity index (χ1v) is 8.12. The SMILES string of the molecule is CCCNc1ccc(S(=O)(=O)N(C)CC(C)C)cc1. The Morgan fingerprint density at radius 2 is 1.79 bits per heavy atom. The number of hydrogen-bond acceptors (Lipinski definition) is 3. The Bertz CT molecular complexity index is 481. The van der Waals surface area contributed by atoms with Crippen LogP contribution in [0.4, 0.5) is 5.69 Å². The van der Waals surface area contributed by atoms with E-state index in [1.165, 1.54) is 4.31 Å².